The highest BCUT2D eigenvalue weighted by atomic mass is 15.2. The van der Waals surface area contributed by atoms with Crippen molar-refractivity contribution in [3.8, 4) is 11.1 Å². The predicted octanol–water partition coefficient (Wildman–Crippen LogP) is 16.2. The van der Waals surface area contributed by atoms with E-state index < -0.39 is 5.41 Å². The van der Waals surface area contributed by atoms with E-state index in [0.29, 0.717) is 0 Å². The lowest BCUT2D eigenvalue weighted by atomic mass is 9.33. The number of anilines is 9. The first-order chi connectivity index (χ1) is 35.6. The first kappa shape index (κ1) is 44.0. The quantitative estimate of drug-likeness (QED) is 0.160. The molecule has 3 nitrogen and oxygen atoms in total. The molecule has 9 aromatic rings. The summed E-state index contributed by atoms with van der Waals surface area (Å²) in [6.07, 6.45) is 2.33. The minimum absolute atomic E-state index is 0.00488. The van der Waals surface area contributed by atoms with Crippen LogP contribution in [-0.4, -0.2) is 6.71 Å². The van der Waals surface area contributed by atoms with E-state index in [0.717, 1.165) is 12.1 Å². The Morgan fingerprint density at radius 1 is 0.378 bits per heavy atom. The number of para-hydroxylation sites is 4. The van der Waals surface area contributed by atoms with Crippen LogP contribution in [0.4, 0.5) is 51.2 Å². The highest BCUT2D eigenvalue weighted by molar-refractivity contribution is 7.00. The highest BCUT2D eigenvalue weighted by Crippen LogP contribution is 2.64. The van der Waals surface area contributed by atoms with E-state index in [9.17, 15) is 0 Å². The lowest BCUT2D eigenvalue weighted by Crippen LogP contribution is -2.62. The van der Waals surface area contributed by atoms with Crippen molar-refractivity contribution < 1.29 is 0 Å². The summed E-state index contributed by atoms with van der Waals surface area (Å²) < 4.78 is 0. The molecule has 74 heavy (non-hydrogen) atoms. The second-order valence-electron chi connectivity index (χ2n) is 25.1. The summed E-state index contributed by atoms with van der Waals surface area (Å²) >= 11 is 0. The minimum Gasteiger partial charge on any atom is -0.311 e. The Kier molecular flexibility index (Phi) is 8.68. The number of nitrogens with zero attached hydrogens (tertiary/aromatic N) is 3. The van der Waals surface area contributed by atoms with Crippen LogP contribution >= 0.6 is 0 Å². The second-order valence-corrected chi connectivity index (χ2v) is 25.1. The molecule has 2 aliphatic carbocycles. The van der Waals surface area contributed by atoms with Crippen molar-refractivity contribution in [3.63, 3.8) is 0 Å². The van der Waals surface area contributed by atoms with Crippen LogP contribution in [0.5, 0.6) is 0 Å². The van der Waals surface area contributed by atoms with Crippen molar-refractivity contribution in [2.24, 2.45) is 0 Å². The van der Waals surface area contributed by atoms with Gasteiger partial charge in [0.05, 0.1) is 22.5 Å². The zero-order valence-corrected chi connectivity index (χ0v) is 44.2. The largest absolute Gasteiger partial charge is 0.311 e. The van der Waals surface area contributed by atoms with E-state index in [4.69, 9.17) is 0 Å². The van der Waals surface area contributed by atoms with Crippen LogP contribution in [0.1, 0.15) is 125 Å². The smallest absolute Gasteiger partial charge is 0.252 e. The third-order valence-electron chi connectivity index (χ3n) is 18.8. The lowest BCUT2D eigenvalue weighted by molar-refractivity contribution is 0.332. The van der Waals surface area contributed by atoms with Crippen LogP contribution in [-0.2, 0) is 27.1 Å². The fourth-order valence-corrected chi connectivity index (χ4v) is 15.0. The molecule has 0 fully saturated rings. The number of benzene rings is 9. The second kappa shape index (κ2) is 14.6. The van der Waals surface area contributed by atoms with Gasteiger partial charge in [0.1, 0.15) is 0 Å². The average Bonchev–Trinajstić information content (AvgIpc) is 3.71. The molecule has 360 valence electrons. The topological polar surface area (TPSA) is 9.72 Å². The predicted molar refractivity (Wildman–Crippen MR) is 312 cm³/mol. The van der Waals surface area contributed by atoms with Crippen molar-refractivity contribution >= 4 is 74.3 Å². The molecule has 4 heteroatoms. The number of hydrogen-bond acceptors (Lipinski definition) is 3. The summed E-state index contributed by atoms with van der Waals surface area (Å²) in [4.78, 5) is 7.92. The Balaban J connectivity index is 1.03. The van der Waals surface area contributed by atoms with Crippen LogP contribution in [0, 0.1) is 0 Å². The Labute approximate surface area is 438 Å². The molecule has 0 N–H and O–H groups in total. The van der Waals surface area contributed by atoms with E-state index in [-0.39, 0.29) is 28.4 Å². The monoisotopic (exact) mass is 956 g/mol. The maximum Gasteiger partial charge on any atom is 0.252 e. The SMILES string of the molecule is CC(C)(C)c1cc2c3c(c1)N1c4ccccc4C(C)(C)c4cccc(c41)B3c1ccc(N3c4ccccc4C4(c5ccccc5-c5ccccc54)c4ccccc43)cc1N2c1ccc2c(c1)C(C)(C)CCC2(C)C. The molecule has 4 heterocycles. The van der Waals surface area contributed by atoms with Gasteiger partial charge < -0.3 is 14.7 Å². The molecule has 15 rings (SSSR count). The number of fused-ring (bicyclic) bond motifs is 16. The molecule has 0 amide bonds. The van der Waals surface area contributed by atoms with Crippen LogP contribution in [0.2, 0.25) is 0 Å². The van der Waals surface area contributed by atoms with E-state index in [1.165, 1.54) is 130 Å². The van der Waals surface area contributed by atoms with Gasteiger partial charge in [-0.05, 0) is 161 Å². The van der Waals surface area contributed by atoms with Gasteiger partial charge in [-0.15, -0.1) is 0 Å². The maximum absolute atomic E-state index is 2.68. The Hall–Kier alpha value is -7.56. The van der Waals surface area contributed by atoms with E-state index in [1.54, 1.807) is 0 Å². The van der Waals surface area contributed by atoms with Gasteiger partial charge in [-0.2, -0.15) is 0 Å². The standard InChI is InChI=1S/C70H62BN3/c1-66(2,3)43-39-62-64-63(40-43)74-58-30-17-14-25-51(58)69(8,9)54-28-20-29-57(65(54)74)71(64)56-36-34-45(42-61(56)73(62)44-33-35-50-55(41-44)68(6,7)38-37-67(50,4)5)72-59-31-18-15-26-52(59)70(53-27-16-19-32-60(53)72)48-23-12-10-21-46(48)47-22-11-13-24-49(47)70/h10-36,39-42H,37-38H2,1-9H3. The van der Waals surface area contributed by atoms with Crippen LogP contribution in [0.3, 0.4) is 0 Å². The van der Waals surface area contributed by atoms with Gasteiger partial charge in [-0.3, -0.25) is 0 Å². The first-order valence-electron chi connectivity index (χ1n) is 27.1. The Bertz CT molecular complexity index is 3830. The third-order valence-corrected chi connectivity index (χ3v) is 18.8. The lowest BCUT2D eigenvalue weighted by Gasteiger charge is -2.50. The van der Waals surface area contributed by atoms with Gasteiger partial charge in [0.25, 0.3) is 6.71 Å². The maximum atomic E-state index is 2.68. The average molecular weight is 956 g/mol. The molecule has 0 bridgehead atoms. The molecular weight excluding hydrogens is 894 g/mol. The van der Waals surface area contributed by atoms with Gasteiger partial charge >= 0.3 is 0 Å². The third kappa shape index (κ3) is 5.54. The van der Waals surface area contributed by atoms with Gasteiger partial charge in [-0.25, -0.2) is 0 Å². The summed E-state index contributed by atoms with van der Waals surface area (Å²) in [6, 6.07) is 73.2. The molecule has 6 aliphatic rings. The Morgan fingerprint density at radius 3 is 1.49 bits per heavy atom. The van der Waals surface area contributed by atoms with E-state index in [1.807, 2.05) is 0 Å². The van der Waals surface area contributed by atoms with Gasteiger partial charge in [0.15, 0.2) is 0 Å². The Morgan fingerprint density at radius 2 is 0.865 bits per heavy atom. The fourth-order valence-electron chi connectivity index (χ4n) is 15.0. The van der Waals surface area contributed by atoms with Crippen molar-refractivity contribution in [1.82, 2.24) is 0 Å². The molecule has 0 aromatic heterocycles. The van der Waals surface area contributed by atoms with Crippen molar-refractivity contribution in [3.05, 3.63) is 238 Å². The molecule has 0 unspecified atom stereocenters. The molecule has 0 saturated heterocycles. The van der Waals surface area contributed by atoms with Crippen molar-refractivity contribution in [2.45, 2.75) is 102 Å². The minimum atomic E-state index is -0.480. The van der Waals surface area contributed by atoms with Crippen molar-refractivity contribution in [1.29, 1.82) is 0 Å². The summed E-state index contributed by atoms with van der Waals surface area (Å²) in [5.41, 5.74) is 29.6. The van der Waals surface area contributed by atoms with Gasteiger partial charge in [0.2, 0.25) is 0 Å². The number of rotatable bonds is 2. The summed E-state index contributed by atoms with van der Waals surface area (Å²) in [5.74, 6) is 0. The normalized spacial score (nSPS) is 17.7. The fraction of sp³-hybridized carbons (Fsp3) is 0.229. The molecule has 0 saturated carbocycles. The number of hydrogen-bond donors (Lipinski definition) is 0. The molecule has 0 radical (unpaired) electrons. The van der Waals surface area contributed by atoms with Crippen LogP contribution in [0.15, 0.2) is 188 Å². The zero-order chi connectivity index (χ0) is 50.4. The van der Waals surface area contributed by atoms with Crippen molar-refractivity contribution in [2.75, 3.05) is 14.7 Å². The zero-order valence-electron chi connectivity index (χ0n) is 44.2. The summed E-state index contributed by atoms with van der Waals surface area (Å²) in [6.45, 7) is 21.8. The van der Waals surface area contributed by atoms with Gasteiger partial charge in [-0.1, -0.05) is 196 Å². The molecule has 9 aromatic carbocycles. The van der Waals surface area contributed by atoms with Gasteiger partial charge in [0, 0.05) is 39.5 Å². The van der Waals surface area contributed by atoms with E-state index >= 15 is 0 Å². The highest BCUT2D eigenvalue weighted by Gasteiger charge is 2.53. The molecule has 4 aliphatic heterocycles. The molecular formula is C70H62BN3. The first-order valence-corrected chi connectivity index (χ1v) is 27.1. The van der Waals surface area contributed by atoms with Crippen LogP contribution < -0.4 is 31.1 Å². The molecule has 0 atom stereocenters. The molecule has 1 spiro atoms. The van der Waals surface area contributed by atoms with E-state index in [2.05, 4.69) is 265 Å². The summed E-state index contributed by atoms with van der Waals surface area (Å²) in [5, 5.41) is 0. The summed E-state index contributed by atoms with van der Waals surface area (Å²) in [7, 11) is 0. The van der Waals surface area contributed by atoms with Crippen LogP contribution in [0.25, 0.3) is 11.1 Å².